The van der Waals surface area contributed by atoms with Gasteiger partial charge in [-0.3, -0.25) is 9.59 Å². The third kappa shape index (κ3) is 5.82. The van der Waals surface area contributed by atoms with E-state index in [0.717, 1.165) is 22.3 Å². The average Bonchev–Trinajstić information content (AvgIpc) is 3.44. The molecular formula is C27H32N2O6. The van der Waals surface area contributed by atoms with Gasteiger partial charge in [-0.05, 0) is 41.0 Å². The number of hydrogen-bond donors (Lipinski definition) is 3. The number of carboxylic acids is 1. The van der Waals surface area contributed by atoms with Gasteiger partial charge in [0, 0.05) is 12.5 Å². The van der Waals surface area contributed by atoms with Crippen LogP contribution >= 0.6 is 0 Å². The van der Waals surface area contributed by atoms with Gasteiger partial charge in [0.25, 0.3) is 0 Å². The minimum absolute atomic E-state index is 0.0628. The number of alkyl carbamates (subject to hydrolysis) is 1. The van der Waals surface area contributed by atoms with Crippen LogP contribution in [0.1, 0.15) is 43.7 Å². The number of nitrogens with one attached hydrogen (secondary N) is 2. The Kier molecular flexibility index (Phi) is 7.70. The van der Waals surface area contributed by atoms with Gasteiger partial charge in [0.2, 0.25) is 5.91 Å². The summed E-state index contributed by atoms with van der Waals surface area (Å²) in [6.07, 6.45) is -0.200. The first-order valence-corrected chi connectivity index (χ1v) is 12.1. The summed E-state index contributed by atoms with van der Waals surface area (Å²) < 4.78 is 11.1. The van der Waals surface area contributed by atoms with E-state index < -0.39 is 24.0 Å². The number of benzene rings is 2. The molecule has 8 heteroatoms. The van der Waals surface area contributed by atoms with Crippen LogP contribution in [0.25, 0.3) is 11.1 Å². The Labute approximate surface area is 205 Å². The number of aliphatic carboxylic acids is 1. The zero-order chi connectivity index (χ0) is 24.9. The first-order valence-electron chi connectivity index (χ1n) is 12.1. The average molecular weight is 481 g/mol. The number of hydrogen-bond acceptors (Lipinski definition) is 5. The van der Waals surface area contributed by atoms with Crippen molar-refractivity contribution in [1.82, 2.24) is 10.6 Å². The molecule has 0 bridgehead atoms. The van der Waals surface area contributed by atoms with Crippen LogP contribution < -0.4 is 10.6 Å². The molecule has 1 heterocycles. The van der Waals surface area contributed by atoms with Crippen LogP contribution in [0.5, 0.6) is 0 Å². The lowest BCUT2D eigenvalue weighted by Crippen LogP contribution is -2.49. The van der Waals surface area contributed by atoms with E-state index in [0.29, 0.717) is 12.8 Å². The van der Waals surface area contributed by atoms with Gasteiger partial charge in [0.15, 0.2) is 0 Å². The summed E-state index contributed by atoms with van der Waals surface area (Å²) in [6, 6.07) is 15.4. The van der Waals surface area contributed by atoms with E-state index in [4.69, 9.17) is 14.6 Å². The minimum atomic E-state index is -0.895. The fraction of sp³-hybridized carbons (Fsp3) is 0.444. The molecule has 8 nitrogen and oxygen atoms in total. The summed E-state index contributed by atoms with van der Waals surface area (Å²) in [5, 5.41) is 14.6. The Hall–Kier alpha value is -3.39. The number of carbonyl (C=O) groups is 3. The van der Waals surface area contributed by atoms with Crippen molar-refractivity contribution >= 4 is 18.0 Å². The molecule has 2 aromatic carbocycles. The quantitative estimate of drug-likeness (QED) is 0.506. The first kappa shape index (κ1) is 24.7. The normalized spacial score (nSPS) is 19.6. The van der Waals surface area contributed by atoms with Crippen LogP contribution in [0, 0.1) is 11.8 Å². The summed E-state index contributed by atoms with van der Waals surface area (Å²) in [5.41, 5.74) is 4.53. The second kappa shape index (κ2) is 10.9. The van der Waals surface area contributed by atoms with Crippen LogP contribution in [-0.4, -0.2) is 55.0 Å². The van der Waals surface area contributed by atoms with Crippen molar-refractivity contribution in [3.63, 3.8) is 0 Å². The summed E-state index contributed by atoms with van der Waals surface area (Å²) in [5.74, 6) is -1.68. The Morgan fingerprint density at radius 2 is 1.69 bits per heavy atom. The molecule has 2 amide bonds. The van der Waals surface area contributed by atoms with Gasteiger partial charge in [0.1, 0.15) is 12.6 Å². The van der Waals surface area contributed by atoms with Crippen molar-refractivity contribution < 1.29 is 29.0 Å². The molecule has 0 radical (unpaired) electrons. The van der Waals surface area contributed by atoms with E-state index in [2.05, 4.69) is 34.9 Å². The molecule has 186 valence electrons. The molecule has 35 heavy (non-hydrogen) atoms. The molecule has 1 saturated heterocycles. The Balaban J connectivity index is 1.33. The number of amides is 2. The lowest BCUT2D eigenvalue weighted by atomic mass is 9.98. The number of fused-ring (bicyclic) bond motifs is 3. The molecule has 0 saturated carbocycles. The van der Waals surface area contributed by atoms with Crippen LogP contribution in [0.15, 0.2) is 48.5 Å². The molecular weight excluding hydrogens is 448 g/mol. The molecule has 4 rings (SSSR count). The highest BCUT2D eigenvalue weighted by Gasteiger charge is 2.32. The van der Waals surface area contributed by atoms with Crippen molar-refractivity contribution in [2.24, 2.45) is 11.8 Å². The monoisotopic (exact) mass is 480 g/mol. The molecule has 3 atom stereocenters. The zero-order valence-electron chi connectivity index (χ0n) is 20.0. The maximum absolute atomic E-state index is 12.8. The summed E-state index contributed by atoms with van der Waals surface area (Å²) in [7, 11) is 0. The third-order valence-electron chi connectivity index (χ3n) is 6.59. The molecule has 1 aliphatic heterocycles. The zero-order valence-corrected chi connectivity index (χ0v) is 20.0. The van der Waals surface area contributed by atoms with Gasteiger partial charge >= 0.3 is 12.1 Å². The van der Waals surface area contributed by atoms with Gasteiger partial charge in [-0.25, -0.2) is 4.79 Å². The highest BCUT2D eigenvalue weighted by Crippen LogP contribution is 2.44. The molecule has 1 aliphatic carbocycles. The van der Waals surface area contributed by atoms with Gasteiger partial charge in [0.05, 0.1) is 18.6 Å². The van der Waals surface area contributed by atoms with E-state index in [9.17, 15) is 14.4 Å². The van der Waals surface area contributed by atoms with Crippen LogP contribution in [0.3, 0.4) is 0 Å². The van der Waals surface area contributed by atoms with E-state index in [1.165, 1.54) is 0 Å². The lowest BCUT2D eigenvalue weighted by Gasteiger charge is -2.22. The van der Waals surface area contributed by atoms with E-state index in [1.54, 1.807) is 0 Å². The molecule has 0 aromatic heterocycles. The topological polar surface area (TPSA) is 114 Å². The SMILES string of the molecule is CC(C)C[C@H](NC(=O)OCC1c2ccccc2-c2ccccc21)C(=O)NCC1CC(C(=O)O)CO1. The first-order chi connectivity index (χ1) is 16.8. The predicted octanol–water partition coefficient (Wildman–Crippen LogP) is 3.55. The highest BCUT2D eigenvalue weighted by molar-refractivity contribution is 5.85. The van der Waals surface area contributed by atoms with Gasteiger partial charge in [-0.1, -0.05) is 62.4 Å². The summed E-state index contributed by atoms with van der Waals surface area (Å²) >= 11 is 0. The molecule has 0 spiro atoms. The second-order valence-electron chi connectivity index (χ2n) is 9.62. The number of carbonyl (C=O) groups excluding carboxylic acids is 2. The van der Waals surface area contributed by atoms with Crippen molar-refractivity contribution in [2.45, 2.75) is 44.8 Å². The van der Waals surface area contributed by atoms with Crippen molar-refractivity contribution in [1.29, 1.82) is 0 Å². The van der Waals surface area contributed by atoms with E-state index in [1.807, 2.05) is 38.1 Å². The van der Waals surface area contributed by atoms with Crippen LogP contribution in [0.4, 0.5) is 4.79 Å². The number of ether oxygens (including phenoxy) is 2. The summed E-state index contributed by atoms with van der Waals surface area (Å²) in [4.78, 5) is 36.6. The standard InChI is InChI=1S/C27H32N2O6/c1-16(2)11-24(25(30)28-13-18-12-17(14-34-18)26(31)32)29-27(33)35-15-23-21-9-5-3-7-19(21)20-8-4-6-10-22(20)23/h3-10,16-18,23-24H,11-15H2,1-2H3,(H,28,30)(H,29,33)(H,31,32)/t17?,18?,24-/m0/s1. The maximum Gasteiger partial charge on any atom is 0.407 e. The minimum Gasteiger partial charge on any atom is -0.481 e. The fourth-order valence-electron chi connectivity index (χ4n) is 4.84. The van der Waals surface area contributed by atoms with Crippen molar-refractivity contribution in [3.05, 3.63) is 59.7 Å². The Bertz CT molecular complexity index is 1040. The maximum atomic E-state index is 12.8. The fourth-order valence-corrected chi connectivity index (χ4v) is 4.84. The highest BCUT2D eigenvalue weighted by atomic mass is 16.5. The lowest BCUT2D eigenvalue weighted by molar-refractivity contribution is -0.141. The number of rotatable bonds is 9. The molecule has 2 aromatic rings. The van der Waals surface area contributed by atoms with E-state index in [-0.39, 0.29) is 43.6 Å². The molecule has 2 unspecified atom stereocenters. The van der Waals surface area contributed by atoms with Crippen LogP contribution in [0.2, 0.25) is 0 Å². The molecule has 1 fully saturated rings. The largest absolute Gasteiger partial charge is 0.481 e. The third-order valence-corrected chi connectivity index (χ3v) is 6.59. The smallest absolute Gasteiger partial charge is 0.407 e. The predicted molar refractivity (Wildman–Crippen MR) is 130 cm³/mol. The number of carboxylic acid groups (broad SMARTS) is 1. The van der Waals surface area contributed by atoms with Gasteiger partial charge in [-0.2, -0.15) is 0 Å². The van der Waals surface area contributed by atoms with Crippen molar-refractivity contribution in [2.75, 3.05) is 19.8 Å². The molecule has 3 N–H and O–H groups in total. The van der Waals surface area contributed by atoms with E-state index >= 15 is 0 Å². The van der Waals surface area contributed by atoms with Gasteiger partial charge < -0.3 is 25.2 Å². The summed E-state index contributed by atoms with van der Waals surface area (Å²) in [6.45, 7) is 4.45. The Morgan fingerprint density at radius 3 is 2.26 bits per heavy atom. The molecule has 2 aliphatic rings. The van der Waals surface area contributed by atoms with Crippen LogP contribution in [-0.2, 0) is 19.1 Å². The van der Waals surface area contributed by atoms with Gasteiger partial charge in [-0.15, -0.1) is 0 Å². The second-order valence-corrected chi connectivity index (χ2v) is 9.62. The van der Waals surface area contributed by atoms with Crippen molar-refractivity contribution in [3.8, 4) is 11.1 Å². The Morgan fingerprint density at radius 1 is 1.06 bits per heavy atom.